The molecule has 2 saturated carbocycles. The molecule has 0 unspecified atom stereocenters. The first-order chi connectivity index (χ1) is 20.7. The fraction of sp³-hybridized carbons (Fsp3) is 0.718. The molecule has 2 aliphatic rings. The maximum atomic E-state index is 9.98. The molecule has 4 rings (SSSR count). The Morgan fingerprint density at radius 3 is 1.81 bits per heavy atom. The van der Waals surface area contributed by atoms with Gasteiger partial charge in [0.25, 0.3) is 0 Å². The van der Waals surface area contributed by atoms with E-state index >= 15 is 0 Å². The van der Waals surface area contributed by atoms with Gasteiger partial charge >= 0.3 is 0 Å². The Morgan fingerprint density at radius 1 is 0.667 bits per heavy atom. The van der Waals surface area contributed by atoms with Crippen molar-refractivity contribution in [3.8, 4) is 17.5 Å². The van der Waals surface area contributed by atoms with Gasteiger partial charge in [0.15, 0.2) is 5.82 Å². The Bertz CT molecular complexity index is 1030. The van der Waals surface area contributed by atoms with Crippen LogP contribution in [0.3, 0.4) is 0 Å². The largest absolute Gasteiger partial charge is 0.236 e. The van der Waals surface area contributed by atoms with Crippen LogP contribution in [0, 0.1) is 22.7 Å². The second kappa shape index (κ2) is 17.8. The molecule has 42 heavy (non-hydrogen) atoms. The highest BCUT2D eigenvalue weighted by Crippen LogP contribution is 2.46. The van der Waals surface area contributed by atoms with E-state index in [0.29, 0.717) is 11.8 Å². The lowest BCUT2D eigenvalue weighted by Crippen LogP contribution is -2.25. The van der Waals surface area contributed by atoms with E-state index in [-0.39, 0.29) is 5.41 Å². The van der Waals surface area contributed by atoms with Gasteiger partial charge < -0.3 is 0 Å². The van der Waals surface area contributed by atoms with Crippen molar-refractivity contribution in [2.45, 2.75) is 167 Å². The Morgan fingerprint density at radius 2 is 1.21 bits per heavy atom. The quantitative estimate of drug-likeness (QED) is 0.178. The molecule has 0 radical (unpaired) electrons. The predicted molar refractivity (Wildman–Crippen MR) is 177 cm³/mol. The molecule has 0 saturated heterocycles. The topological polar surface area (TPSA) is 49.6 Å². The highest BCUT2D eigenvalue weighted by molar-refractivity contribution is 5.55. The standard InChI is InChI=1S/C39H59N3/c1-3-5-7-9-10-11-13-15-32-16-18-34(19-17-32)37-29-41-38(42-30-37)36-22-20-33(21-23-36)35-24-27-39(31-40,28-25-35)26-14-12-8-6-4-2/h20-23,29-30,32,34-35H,3-19,24-28H2,1-2H3/t32-,34-,35-,39-. The molecular formula is C39H59N3. The normalized spacial score (nSPS) is 24.4. The number of nitrogens with zero attached hydrogens (tertiary/aromatic N) is 3. The first-order valence-electron chi connectivity index (χ1n) is 18.0. The molecule has 0 spiro atoms. The summed E-state index contributed by atoms with van der Waals surface area (Å²) in [6.45, 7) is 4.56. The van der Waals surface area contributed by atoms with Crippen LogP contribution in [-0.4, -0.2) is 9.97 Å². The van der Waals surface area contributed by atoms with Gasteiger partial charge in [-0.1, -0.05) is 122 Å². The first kappa shape index (κ1) is 32.7. The third-order valence-electron chi connectivity index (χ3n) is 10.8. The van der Waals surface area contributed by atoms with Crippen molar-refractivity contribution in [2.75, 3.05) is 0 Å². The van der Waals surface area contributed by atoms with Gasteiger partial charge in [-0.2, -0.15) is 5.26 Å². The van der Waals surface area contributed by atoms with Crippen molar-refractivity contribution < 1.29 is 0 Å². The molecule has 2 aliphatic carbocycles. The van der Waals surface area contributed by atoms with Crippen LogP contribution >= 0.6 is 0 Å². The van der Waals surface area contributed by atoms with E-state index in [9.17, 15) is 5.26 Å². The number of unbranched alkanes of at least 4 members (excludes halogenated alkanes) is 10. The van der Waals surface area contributed by atoms with Crippen molar-refractivity contribution in [3.05, 3.63) is 47.8 Å². The van der Waals surface area contributed by atoms with Crippen molar-refractivity contribution in [1.82, 2.24) is 9.97 Å². The van der Waals surface area contributed by atoms with Crippen LogP contribution in [0.15, 0.2) is 36.7 Å². The summed E-state index contributed by atoms with van der Waals surface area (Å²) in [7, 11) is 0. The van der Waals surface area contributed by atoms with Crippen molar-refractivity contribution in [1.29, 1.82) is 5.26 Å². The molecule has 1 heterocycles. The Labute approximate surface area is 258 Å². The van der Waals surface area contributed by atoms with Crippen LogP contribution in [-0.2, 0) is 0 Å². The van der Waals surface area contributed by atoms with E-state index < -0.39 is 0 Å². The van der Waals surface area contributed by atoms with E-state index in [0.717, 1.165) is 49.4 Å². The summed E-state index contributed by atoms with van der Waals surface area (Å²) in [5.41, 5.74) is 3.78. The molecular weight excluding hydrogens is 510 g/mol. The van der Waals surface area contributed by atoms with Gasteiger partial charge in [-0.3, -0.25) is 0 Å². The fourth-order valence-corrected chi connectivity index (χ4v) is 7.77. The molecule has 2 aromatic rings. The number of aromatic nitrogens is 2. The van der Waals surface area contributed by atoms with Crippen molar-refractivity contribution in [3.63, 3.8) is 0 Å². The van der Waals surface area contributed by atoms with Gasteiger partial charge in [-0.15, -0.1) is 0 Å². The zero-order chi connectivity index (χ0) is 29.5. The van der Waals surface area contributed by atoms with Crippen LogP contribution in [0.25, 0.3) is 11.4 Å². The van der Waals surface area contributed by atoms with Crippen LogP contribution in [0.1, 0.15) is 178 Å². The molecule has 2 fully saturated rings. The van der Waals surface area contributed by atoms with Gasteiger partial charge in [-0.25, -0.2) is 9.97 Å². The van der Waals surface area contributed by atoms with Crippen LogP contribution in [0.2, 0.25) is 0 Å². The molecule has 0 amide bonds. The number of rotatable bonds is 17. The van der Waals surface area contributed by atoms with Gasteiger partial charge in [-0.05, 0) is 86.7 Å². The maximum Gasteiger partial charge on any atom is 0.159 e. The van der Waals surface area contributed by atoms with Gasteiger partial charge in [0.05, 0.1) is 11.5 Å². The third-order valence-corrected chi connectivity index (χ3v) is 10.8. The number of hydrogen-bond donors (Lipinski definition) is 0. The molecule has 0 bridgehead atoms. The molecule has 3 nitrogen and oxygen atoms in total. The van der Waals surface area contributed by atoms with Crippen molar-refractivity contribution in [2.24, 2.45) is 11.3 Å². The summed E-state index contributed by atoms with van der Waals surface area (Å²) in [6.07, 6.45) is 32.8. The molecule has 0 N–H and O–H groups in total. The molecule has 1 aromatic carbocycles. The van der Waals surface area contributed by atoms with Crippen LogP contribution < -0.4 is 0 Å². The van der Waals surface area contributed by atoms with Gasteiger partial charge in [0.2, 0.25) is 0 Å². The van der Waals surface area contributed by atoms with Crippen LogP contribution in [0.5, 0.6) is 0 Å². The maximum absolute atomic E-state index is 9.98. The molecule has 3 heteroatoms. The SMILES string of the molecule is CCCCCCCCC[C@H]1CC[C@H](c2cnc(-c3ccc([C@H]4CC[C@@](C#N)(CCCCCCC)CC4)cc3)nc2)CC1. The Hall–Kier alpha value is -2.21. The Balaban J connectivity index is 1.19. The highest BCUT2D eigenvalue weighted by Gasteiger charge is 2.35. The predicted octanol–water partition coefficient (Wildman–Crippen LogP) is 12.1. The summed E-state index contributed by atoms with van der Waals surface area (Å²) < 4.78 is 0. The number of hydrogen-bond acceptors (Lipinski definition) is 3. The minimum atomic E-state index is -0.0783. The van der Waals surface area contributed by atoms with Gasteiger partial charge in [0, 0.05) is 18.0 Å². The second-order valence-electron chi connectivity index (χ2n) is 13.9. The summed E-state index contributed by atoms with van der Waals surface area (Å²) in [4.78, 5) is 9.61. The second-order valence-corrected chi connectivity index (χ2v) is 13.9. The van der Waals surface area contributed by atoms with E-state index in [4.69, 9.17) is 9.97 Å². The smallest absolute Gasteiger partial charge is 0.159 e. The fourth-order valence-electron chi connectivity index (χ4n) is 7.77. The molecule has 0 aliphatic heterocycles. The average molecular weight is 570 g/mol. The van der Waals surface area contributed by atoms with E-state index in [1.165, 1.54) is 120 Å². The summed E-state index contributed by atoms with van der Waals surface area (Å²) in [5, 5.41) is 9.98. The number of nitriles is 1. The summed E-state index contributed by atoms with van der Waals surface area (Å²) in [6, 6.07) is 11.7. The third kappa shape index (κ3) is 9.92. The summed E-state index contributed by atoms with van der Waals surface area (Å²) >= 11 is 0. The van der Waals surface area contributed by atoms with E-state index in [2.05, 4.69) is 56.6 Å². The minimum Gasteiger partial charge on any atom is -0.236 e. The summed E-state index contributed by atoms with van der Waals surface area (Å²) in [5.74, 6) is 2.99. The van der Waals surface area contributed by atoms with Crippen LogP contribution in [0.4, 0.5) is 0 Å². The number of benzene rings is 1. The van der Waals surface area contributed by atoms with E-state index in [1.807, 2.05) is 0 Å². The lowest BCUT2D eigenvalue weighted by atomic mass is 9.67. The lowest BCUT2D eigenvalue weighted by molar-refractivity contribution is 0.223. The molecule has 1 aromatic heterocycles. The zero-order valence-electron chi connectivity index (χ0n) is 27.1. The molecule has 0 atom stereocenters. The lowest BCUT2D eigenvalue weighted by Gasteiger charge is -2.35. The molecule has 230 valence electrons. The monoisotopic (exact) mass is 569 g/mol. The van der Waals surface area contributed by atoms with Crippen molar-refractivity contribution >= 4 is 0 Å². The zero-order valence-corrected chi connectivity index (χ0v) is 27.1. The average Bonchev–Trinajstić information content (AvgIpc) is 3.05. The Kier molecular flexibility index (Phi) is 13.9. The first-order valence-corrected chi connectivity index (χ1v) is 18.0. The minimum absolute atomic E-state index is 0.0783. The van der Waals surface area contributed by atoms with E-state index in [1.54, 1.807) is 0 Å². The highest BCUT2D eigenvalue weighted by atomic mass is 14.9. The van der Waals surface area contributed by atoms with Gasteiger partial charge in [0.1, 0.15) is 0 Å².